The van der Waals surface area contributed by atoms with Gasteiger partial charge in [-0.25, -0.2) is 0 Å². The van der Waals surface area contributed by atoms with Gasteiger partial charge in [-0.1, -0.05) is 48.5 Å². The lowest BCUT2D eigenvalue weighted by Gasteiger charge is -2.43. The summed E-state index contributed by atoms with van der Waals surface area (Å²) >= 11 is 11.8. The molecular formula is C22H12Cl2O2. The van der Waals surface area contributed by atoms with Crippen LogP contribution in [-0.2, 0) is 0 Å². The summed E-state index contributed by atoms with van der Waals surface area (Å²) in [5.41, 5.74) is 7.31. The molecule has 0 aromatic heterocycles. The van der Waals surface area contributed by atoms with Crippen LogP contribution < -0.4 is 0 Å². The van der Waals surface area contributed by atoms with Gasteiger partial charge in [0.1, 0.15) is 0 Å². The first-order chi connectivity index (χ1) is 12.6. The topological polar surface area (TPSA) is 34.1 Å². The molecule has 3 aliphatic carbocycles. The Labute approximate surface area is 160 Å². The molecule has 0 amide bonds. The number of carbonyl (C=O) groups is 2. The van der Waals surface area contributed by atoms with E-state index in [-0.39, 0.29) is 11.8 Å². The summed E-state index contributed by atoms with van der Waals surface area (Å²) in [7, 11) is 0. The fourth-order valence-electron chi connectivity index (χ4n) is 4.65. The minimum atomic E-state index is -0.460. The predicted octanol–water partition coefficient (Wildman–Crippen LogP) is 5.43. The maximum absolute atomic E-state index is 12.1. The summed E-state index contributed by atoms with van der Waals surface area (Å²) in [6.45, 7) is 0. The fraction of sp³-hybridized carbons (Fsp3) is 0.0909. The van der Waals surface area contributed by atoms with Gasteiger partial charge in [-0.05, 0) is 68.7 Å². The molecule has 26 heavy (non-hydrogen) atoms. The SMILES string of the molecule is O=C(Cl)c1cccc2c1C1c3ccccc3C2c2c(C(=O)Cl)cccc21. The van der Waals surface area contributed by atoms with E-state index in [1.807, 2.05) is 36.4 Å². The monoisotopic (exact) mass is 378 g/mol. The van der Waals surface area contributed by atoms with Gasteiger partial charge in [-0.3, -0.25) is 9.59 Å². The van der Waals surface area contributed by atoms with Gasteiger partial charge >= 0.3 is 0 Å². The van der Waals surface area contributed by atoms with Gasteiger partial charge in [0.2, 0.25) is 0 Å². The highest BCUT2D eigenvalue weighted by atomic mass is 35.5. The van der Waals surface area contributed by atoms with Crippen molar-refractivity contribution >= 4 is 33.7 Å². The van der Waals surface area contributed by atoms with E-state index in [0.717, 1.165) is 33.4 Å². The molecule has 0 fully saturated rings. The lowest BCUT2D eigenvalue weighted by atomic mass is 9.59. The van der Waals surface area contributed by atoms with Crippen LogP contribution in [0.2, 0.25) is 0 Å². The van der Waals surface area contributed by atoms with Crippen LogP contribution in [0.3, 0.4) is 0 Å². The summed E-state index contributed by atoms with van der Waals surface area (Å²) in [6, 6.07) is 19.5. The molecule has 0 heterocycles. The maximum atomic E-state index is 12.1. The van der Waals surface area contributed by atoms with Crippen molar-refractivity contribution in [2.45, 2.75) is 11.8 Å². The van der Waals surface area contributed by atoms with E-state index < -0.39 is 10.5 Å². The summed E-state index contributed by atoms with van der Waals surface area (Å²) in [4.78, 5) is 24.2. The van der Waals surface area contributed by atoms with Gasteiger partial charge in [0, 0.05) is 23.0 Å². The van der Waals surface area contributed by atoms with E-state index in [1.165, 1.54) is 0 Å². The molecule has 3 aliphatic rings. The van der Waals surface area contributed by atoms with E-state index in [1.54, 1.807) is 12.1 Å². The molecule has 0 spiro atoms. The predicted molar refractivity (Wildman–Crippen MR) is 102 cm³/mol. The number of carbonyl (C=O) groups excluding carboxylic acids is 2. The number of halogens is 2. The minimum absolute atomic E-state index is 0.129. The molecule has 6 rings (SSSR count). The van der Waals surface area contributed by atoms with Crippen LogP contribution in [0.5, 0.6) is 0 Å². The van der Waals surface area contributed by atoms with E-state index in [4.69, 9.17) is 23.2 Å². The van der Waals surface area contributed by atoms with E-state index in [9.17, 15) is 9.59 Å². The largest absolute Gasteiger partial charge is 0.276 e. The van der Waals surface area contributed by atoms with Crippen molar-refractivity contribution < 1.29 is 9.59 Å². The first-order valence-corrected chi connectivity index (χ1v) is 9.09. The van der Waals surface area contributed by atoms with Crippen molar-refractivity contribution in [3.05, 3.63) is 105 Å². The first kappa shape index (κ1) is 15.8. The molecule has 4 heteroatoms. The van der Waals surface area contributed by atoms with Crippen molar-refractivity contribution in [3.8, 4) is 0 Å². The number of rotatable bonds is 2. The average Bonchev–Trinajstić information content (AvgIpc) is 2.66. The second-order valence-corrected chi connectivity index (χ2v) is 7.35. The van der Waals surface area contributed by atoms with E-state index >= 15 is 0 Å². The number of hydrogen-bond acceptors (Lipinski definition) is 2. The Morgan fingerprint density at radius 3 is 1.35 bits per heavy atom. The summed E-state index contributed by atoms with van der Waals surface area (Å²) in [5.74, 6) is -0.257. The Morgan fingerprint density at radius 1 is 0.577 bits per heavy atom. The zero-order valence-electron chi connectivity index (χ0n) is 13.5. The molecule has 2 unspecified atom stereocenters. The summed E-state index contributed by atoms with van der Waals surface area (Å²) in [6.07, 6.45) is 0. The highest BCUT2D eigenvalue weighted by Gasteiger charge is 2.44. The highest BCUT2D eigenvalue weighted by molar-refractivity contribution is 6.68. The third-order valence-corrected chi connectivity index (χ3v) is 5.93. The highest BCUT2D eigenvalue weighted by Crippen LogP contribution is 2.57. The zero-order chi connectivity index (χ0) is 18.0. The van der Waals surface area contributed by atoms with E-state index in [0.29, 0.717) is 11.1 Å². The first-order valence-electron chi connectivity index (χ1n) is 8.33. The quantitative estimate of drug-likeness (QED) is 0.383. The maximum Gasteiger partial charge on any atom is 0.252 e. The molecule has 3 aromatic rings. The van der Waals surface area contributed by atoms with Crippen molar-refractivity contribution in [2.24, 2.45) is 0 Å². The molecule has 126 valence electrons. The van der Waals surface area contributed by atoms with Crippen molar-refractivity contribution in [1.29, 1.82) is 0 Å². The molecule has 3 aromatic carbocycles. The third kappa shape index (κ3) is 1.94. The third-order valence-electron chi connectivity index (χ3n) is 5.52. The van der Waals surface area contributed by atoms with Crippen LogP contribution in [0.1, 0.15) is 65.9 Å². The standard InChI is InChI=1S/C22H12Cl2O2/c23-21(25)15-9-4-8-14-18-12-6-2-1-5-11(12)17(19(14)15)13-7-3-10-16(20(13)18)22(24)26/h1-10,17-18H. The Bertz CT molecular complexity index is 1030. The second kappa shape index (κ2) is 5.54. The van der Waals surface area contributed by atoms with Crippen molar-refractivity contribution in [1.82, 2.24) is 0 Å². The molecule has 2 atom stereocenters. The van der Waals surface area contributed by atoms with Crippen LogP contribution in [0.15, 0.2) is 60.7 Å². The van der Waals surface area contributed by atoms with Crippen molar-refractivity contribution in [3.63, 3.8) is 0 Å². The van der Waals surface area contributed by atoms with Crippen LogP contribution in [-0.4, -0.2) is 10.5 Å². The Morgan fingerprint density at radius 2 is 0.962 bits per heavy atom. The van der Waals surface area contributed by atoms with Crippen LogP contribution in [0.25, 0.3) is 0 Å². The molecule has 0 N–H and O–H groups in total. The van der Waals surface area contributed by atoms with Gasteiger partial charge in [-0.15, -0.1) is 0 Å². The van der Waals surface area contributed by atoms with Gasteiger partial charge in [-0.2, -0.15) is 0 Å². The van der Waals surface area contributed by atoms with Crippen LogP contribution in [0.4, 0.5) is 0 Å². The average molecular weight is 379 g/mol. The van der Waals surface area contributed by atoms with Crippen LogP contribution in [0, 0.1) is 0 Å². The van der Waals surface area contributed by atoms with E-state index in [2.05, 4.69) is 12.1 Å². The molecule has 0 saturated carbocycles. The Balaban J connectivity index is 1.93. The van der Waals surface area contributed by atoms with Crippen LogP contribution >= 0.6 is 23.2 Å². The molecule has 2 nitrogen and oxygen atoms in total. The summed E-state index contributed by atoms with van der Waals surface area (Å²) in [5, 5.41) is -0.920. The minimum Gasteiger partial charge on any atom is -0.276 e. The van der Waals surface area contributed by atoms with Crippen molar-refractivity contribution in [2.75, 3.05) is 0 Å². The summed E-state index contributed by atoms with van der Waals surface area (Å²) < 4.78 is 0. The Hall–Kier alpha value is -2.42. The number of hydrogen-bond donors (Lipinski definition) is 0. The Kier molecular flexibility index (Phi) is 3.37. The molecule has 0 radical (unpaired) electrons. The fourth-order valence-corrected chi connectivity index (χ4v) is 4.98. The number of benzene rings is 3. The zero-order valence-corrected chi connectivity index (χ0v) is 15.0. The molecule has 0 saturated heterocycles. The normalized spacial score (nSPS) is 18.7. The van der Waals surface area contributed by atoms with Gasteiger partial charge in [0.25, 0.3) is 10.5 Å². The van der Waals surface area contributed by atoms with Gasteiger partial charge in [0.15, 0.2) is 0 Å². The molecule has 0 aliphatic heterocycles. The van der Waals surface area contributed by atoms with Gasteiger partial charge in [0.05, 0.1) is 0 Å². The lowest BCUT2D eigenvalue weighted by molar-refractivity contribution is 0.107. The second-order valence-electron chi connectivity index (χ2n) is 6.66. The van der Waals surface area contributed by atoms with Gasteiger partial charge < -0.3 is 0 Å². The molecular weight excluding hydrogens is 367 g/mol. The smallest absolute Gasteiger partial charge is 0.252 e. The lowest BCUT2D eigenvalue weighted by Crippen LogP contribution is -2.30. The molecule has 2 bridgehead atoms.